The van der Waals surface area contributed by atoms with Crippen LogP contribution in [0.2, 0.25) is 0 Å². The number of halogens is 3. The summed E-state index contributed by atoms with van der Waals surface area (Å²) in [7, 11) is 2.07. The highest BCUT2D eigenvalue weighted by molar-refractivity contribution is 5.83. The molecule has 188 valence electrons. The van der Waals surface area contributed by atoms with Gasteiger partial charge in [0, 0.05) is 36.6 Å². The first kappa shape index (κ1) is 25.6. The third-order valence-corrected chi connectivity index (χ3v) is 6.24. The molecule has 0 amide bonds. The van der Waals surface area contributed by atoms with Crippen molar-refractivity contribution in [3.8, 4) is 17.9 Å². The molecular formula is C27H29F3N6. The van der Waals surface area contributed by atoms with Gasteiger partial charge in [-0.1, -0.05) is 12.0 Å². The summed E-state index contributed by atoms with van der Waals surface area (Å²) in [5.74, 6) is 5.82. The molecule has 1 aliphatic rings. The first-order chi connectivity index (χ1) is 17.0. The van der Waals surface area contributed by atoms with Crippen LogP contribution in [-0.4, -0.2) is 53.4 Å². The average molecular weight is 495 g/mol. The van der Waals surface area contributed by atoms with Gasteiger partial charge in [-0.15, -0.1) is 0 Å². The Hall–Kier alpha value is -3.53. The maximum absolute atomic E-state index is 13.3. The second-order valence-electron chi connectivity index (χ2n) is 9.75. The number of anilines is 1. The largest absolute Gasteiger partial charge is 0.406 e. The molecule has 3 heterocycles. The van der Waals surface area contributed by atoms with Crippen LogP contribution in [0.15, 0.2) is 42.6 Å². The fraction of sp³-hybridized carbons (Fsp3) is 0.407. The van der Waals surface area contributed by atoms with Crippen LogP contribution < -0.4 is 10.6 Å². The van der Waals surface area contributed by atoms with Crippen LogP contribution in [0, 0.1) is 23.2 Å². The number of hydrogen-bond donors (Lipinski definition) is 2. The smallest absolute Gasteiger partial charge is 0.373 e. The van der Waals surface area contributed by atoms with Crippen molar-refractivity contribution >= 4 is 16.6 Å². The van der Waals surface area contributed by atoms with E-state index in [1.807, 2.05) is 12.1 Å². The van der Waals surface area contributed by atoms with E-state index in [2.05, 4.69) is 45.5 Å². The van der Waals surface area contributed by atoms with Crippen molar-refractivity contribution in [2.24, 2.45) is 0 Å². The first-order valence-corrected chi connectivity index (χ1v) is 11.8. The monoisotopic (exact) mass is 494 g/mol. The number of aromatic nitrogens is 2. The summed E-state index contributed by atoms with van der Waals surface area (Å²) in [6.07, 6.45) is -2.74. The Morgan fingerprint density at radius 3 is 2.56 bits per heavy atom. The summed E-state index contributed by atoms with van der Waals surface area (Å²) in [5.41, 5.74) is 2.54. The van der Waals surface area contributed by atoms with E-state index in [1.165, 1.54) is 4.57 Å². The summed E-state index contributed by atoms with van der Waals surface area (Å²) in [5, 5.41) is 16.5. The van der Waals surface area contributed by atoms with Crippen LogP contribution in [0.3, 0.4) is 0 Å². The standard InChI is InChI=1S/C27H29F3N6/c1-26(2,17-31)25-9-7-21(14-34-25)32-10-4-5-23-12-20-11-19(13-33-22-15-35(3)16-22)6-8-24(20)36(23)18-27(28,29)30/h6-9,11-12,14,22,32-33H,10,13,15-16,18H2,1-3H3. The zero-order valence-electron chi connectivity index (χ0n) is 20.6. The van der Waals surface area contributed by atoms with Gasteiger partial charge in [0.1, 0.15) is 6.54 Å². The summed E-state index contributed by atoms with van der Waals surface area (Å²) in [4.78, 5) is 6.54. The Kier molecular flexibility index (Phi) is 7.26. The molecule has 3 aromatic rings. The molecule has 0 spiro atoms. The molecular weight excluding hydrogens is 465 g/mol. The van der Waals surface area contributed by atoms with Gasteiger partial charge < -0.3 is 20.1 Å². The molecule has 6 nitrogen and oxygen atoms in total. The number of likely N-dealkylation sites (N-methyl/N-ethyl adjacent to an activating group) is 1. The van der Waals surface area contributed by atoms with E-state index in [9.17, 15) is 18.4 Å². The quantitative estimate of drug-likeness (QED) is 0.481. The molecule has 1 aliphatic heterocycles. The topological polar surface area (TPSA) is 68.9 Å². The van der Waals surface area contributed by atoms with Crippen molar-refractivity contribution in [2.75, 3.05) is 32.0 Å². The minimum atomic E-state index is -4.36. The molecule has 2 N–H and O–H groups in total. The van der Waals surface area contributed by atoms with Crippen molar-refractivity contribution in [1.29, 1.82) is 5.26 Å². The number of pyridine rings is 1. The SMILES string of the molecule is CN1CC(NCc2ccc3c(c2)cc(C#CCNc2ccc(C(C)(C)C#N)nc2)n3CC(F)(F)F)C1. The lowest BCUT2D eigenvalue weighted by Gasteiger charge is -2.36. The summed E-state index contributed by atoms with van der Waals surface area (Å²) >= 11 is 0. The van der Waals surface area contributed by atoms with Gasteiger partial charge >= 0.3 is 6.18 Å². The van der Waals surface area contributed by atoms with Crippen LogP contribution in [-0.2, 0) is 18.5 Å². The normalized spacial score (nSPS) is 14.7. The fourth-order valence-electron chi connectivity index (χ4n) is 4.18. The highest BCUT2D eigenvalue weighted by Crippen LogP contribution is 2.26. The third kappa shape index (κ3) is 6.17. The van der Waals surface area contributed by atoms with Crippen molar-refractivity contribution in [3.63, 3.8) is 0 Å². The van der Waals surface area contributed by atoms with E-state index in [-0.39, 0.29) is 6.54 Å². The van der Waals surface area contributed by atoms with E-state index in [0.29, 0.717) is 35.2 Å². The lowest BCUT2D eigenvalue weighted by molar-refractivity contribution is -0.140. The van der Waals surface area contributed by atoms with Crippen molar-refractivity contribution in [3.05, 3.63) is 59.5 Å². The van der Waals surface area contributed by atoms with Gasteiger partial charge in [-0.25, -0.2) is 0 Å². The van der Waals surface area contributed by atoms with E-state index in [0.717, 1.165) is 24.0 Å². The van der Waals surface area contributed by atoms with Gasteiger partial charge in [-0.05, 0) is 62.7 Å². The Balaban J connectivity index is 1.48. The Bertz CT molecular complexity index is 1320. The molecule has 1 saturated heterocycles. The molecule has 2 aromatic heterocycles. The summed E-state index contributed by atoms with van der Waals surface area (Å²) < 4.78 is 41.2. The number of nitrogens with one attached hydrogen (secondary N) is 2. The molecule has 0 unspecified atom stereocenters. The molecule has 36 heavy (non-hydrogen) atoms. The van der Waals surface area contributed by atoms with Crippen LogP contribution in [0.25, 0.3) is 10.9 Å². The maximum Gasteiger partial charge on any atom is 0.406 e. The molecule has 0 radical (unpaired) electrons. The minimum absolute atomic E-state index is 0.237. The highest BCUT2D eigenvalue weighted by Gasteiger charge is 2.29. The van der Waals surface area contributed by atoms with Crippen molar-refractivity contribution in [1.82, 2.24) is 19.8 Å². The molecule has 4 rings (SSSR count). The van der Waals surface area contributed by atoms with Crippen LogP contribution >= 0.6 is 0 Å². The summed E-state index contributed by atoms with van der Waals surface area (Å²) in [6.45, 7) is 5.39. The lowest BCUT2D eigenvalue weighted by Crippen LogP contribution is -2.55. The number of nitriles is 1. The van der Waals surface area contributed by atoms with Gasteiger partial charge in [0.25, 0.3) is 0 Å². The zero-order chi connectivity index (χ0) is 25.9. The minimum Gasteiger partial charge on any atom is -0.373 e. The van der Waals surface area contributed by atoms with Crippen molar-refractivity contribution < 1.29 is 13.2 Å². The second kappa shape index (κ2) is 10.2. The molecule has 0 atom stereocenters. The zero-order valence-corrected chi connectivity index (χ0v) is 20.6. The predicted molar refractivity (Wildman–Crippen MR) is 134 cm³/mol. The average Bonchev–Trinajstić information content (AvgIpc) is 3.14. The van der Waals surface area contributed by atoms with Gasteiger partial charge in [-0.2, -0.15) is 18.4 Å². The second-order valence-corrected chi connectivity index (χ2v) is 9.75. The molecule has 0 saturated carbocycles. The van der Waals surface area contributed by atoms with E-state index in [1.54, 1.807) is 44.3 Å². The first-order valence-electron chi connectivity index (χ1n) is 11.8. The van der Waals surface area contributed by atoms with Crippen LogP contribution in [0.4, 0.5) is 18.9 Å². The van der Waals surface area contributed by atoms with Gasteiger partial charge in [0.05, 0.1) is 41.3 Å². The van der Waals surface area contributed by atoms with Gasteiger partial charge in [-0.3, -0.25) is 4.98 Å². The van der Waals surface area contributed by atoms with Crippen molar-refractivity contribution in [2.45, 2.75) is 44.6 Å². The molecule has 1 fully saturated rings. The molecule has 9 heteroatoms. The molecule has 0 bridgehead atoms. The molecule has 1 aromatic carbocycles. The van der Waals surface area contributed by atoms with Crippen LogP contribution in [0.5, 0.6) is 0 Å². The molecule has 0 aliphatic carbocycles. The fourth-order valence-corrected chi connectivity index (χ4v) is 4.18. The summed E-state index contributed by atoms with van der Waals surface area (Å²) in [6, 6.07) is 13.5. The number of nitrogens with zero attached hydrogens (tertiary/aromatic N) is 4. The van der Waals surface area contributed by atoms with E-state index >= 15 is 0 Å². The number of fused-ring (bicyclic) bond motifs is 1. The van der Waals surface area contributed by atoms with Gasteiger partial charge in [0.15, 0.2) is 0 Å². The van der Waals surface area contributed by atoms with E-state index in [4.69, 9.17) is 0 Å². The third-order valence-electron chi connectivity index (χ3n) is 6.24. The number of likely N-dealkylation sites (tertiary alicyclic amines) is 1. The number of alkyl halides is 3. The lowest BCUT2D eigenvalue weighted by atomic mass is 9.91. The Morgan fingerprint density at radius 2 is 1.92 bits per heavy atom. The van der Waals surface area contributed by atoms with Crippen LogP contribution in [0.1, 0.15) is 30.8 Å². The van der Waals surface area contributed by atoms with Gasteiger partial charge in [0.2, 0.25) is 0 Å². The number of benzene rings is 1. The predicted octanol–water partition coefficient (Wildman–Crippen LogP) is 4.27. The number of hydrogen-bond acceptors (Lipinski definition) is 5. The highest BCUT2D eigenvalue weighted by atomic mass is 19.4. The number of rotatable bonds is 7. The Morgan fingerprint density at radius 1 is 1.14 bits per heavy atom. The Labute approximate surface area is 209 Å². The maximum atomic E-state index is 13.3. The van der Waals surface area contributed by atoms with E-state index < -0.39 is 18.1 Å².